The zero-order valence-electron chi connectivity index (χ0n) is 39.2. The first-order chi connectivity index (χ1) is 33.0. The van der Waals surface area contributed by atoms with E-state index in [0.29, 0.717) is 0 Å². The second kappa shape index (κ2) is 28.8. The maximum Gasteiger partial charge on any atom is 0.434 e. The van der Waals surface area contributed by atoms with Crippen LogP contribution < -0.4 is 17.1 Å². The van der Waals surface area contributed by atoms with Crippen LogP contribution in [-0.2, 0) is 68.2 Å². The van der Waals surface area contributed by atoms with Gasteiger partial charge in [0.05, 0.1) is 19.6 Å². The minimum absolute atomic E-state index is 0.0143. The number of hydroxylamine groups is 6. The van der Waals surface area contributed by atoms with Crippen LogP contribution in [0.2, 0.25) is 0 Å². The van der Waals surface area contributed by atoms with Gasteiger partial charge in [-0.2, -0.15) is 15.2 Å². The summed E-state index contributed by atoms with van der Waals surface area (Å²) in [4.78, 5) is 98.5. The molecule has 0 atom stereocenters. The molecule has 69 heavy (non-hydrogen) atoms. The van der Waals surface area contributed by atoms with Crippen LogP contribution in [0.5, 0.6) is 0 Å². The van der Waals surface area contributed by atoms with Gasteiger partial charge in [-0.05, 0) is 76.0 Å². The molecule has 18 nitrogen and oxygen atoms in total. The maximum absolute atomic E-state index is 14.0. The molecule has 376 valence electrons. The number of ether oxygens (including phenoxy) is 3. The maximum atomic E-state index is 14.0. The fourth-order valence-corrected chi connectivity index (χ4v) is 6.53. The van der Waals surface area contributed by atoms with Crippen molar-refractivity contribution in [3.05, 3.63) is 152 Å². The largest absolute Gasteiger partial charge is 0.444 e. The van der Waals surface area contributed by atoms with E-state index in [-0.39, 0.29) is 104 Å². The highest BCUT2D eigenvalue weighted by atomic mass is 35.6. The van der Waals surface area contributed by atoms with Gasteiger partial charge in [-0.1, -0.05) is 138 Å². The lowest BCUT2D eigenvalue weighted by Gasteiger charge is -2.26. The van der Waals surface area contributed by atoms with Crippen LogP contribution in [0.4, 0.5) is 14.4 Å². The number of carbonyl (C=O) groups is 3. The molecule has 0 saturated heterocycles. The average molecular weight is 1020 g/mol. The first-order valence-electron chi connectivity index (χ1n) is 22.5. The predicted molar refractivity (Wildman–Crippen MR) is 260 cm³/mol. The van der Waals surface area contributed by atoms with Gasteiger partial charge in [-0.25, -0.2) is 42.5 Å². The predicted octanol–water partition coefficient (Wildman–Crippen LogP) is 8.58. The number of hydrogen-bond acceptors (Lipinski definition) is 12. The molecule has 1 aromatic heterocycles. The number of aromatic nitrogens is 3. The minimum atomic E-state index is -1.87. The van der Waals surface area contributed by atoms with Gasteiger partial charge >= 0.3 is 35.3 Å². The molecule has 21 heteroatoms. The van der Waals surface area contributed by atoms with E-state index in [1.54, 1.807) is 20.8 Å². The minimum Gasteiger partial charge on any atom is -0.444 e. The van der Waals surface area contributed by atoms with Gasteiger partial charge in [0.25, 0.3) is 0 Å². The highest BCUT2D eigenvalue weighted by Gasteiger charge is 2.26. The van der Waals surface area contributed by atoms with Crippen molar-refractivity contribution in [2.24, 2.45) is 0 Å². The van der Waals surface area contributed by atoms with E-state index in [1.807, 2.05) is 91.0 Å². The Hall–Kier alpha value is -5.63. The van der Waals surface area contributed by atoms with Crippen molar-refractivity contribution in [3.63, 3.8) is 0 Å². The smallest absolute Gasteiger partial charge is 0.434 e. The molecule has 1 heterocycles. The molecule has 0 aliphatic rings. The Morgan fingerprint density at radius 1 is 0.536 bits per heavy atom. The van der Waals surface area contributed by atoms with Crippen LogP contribution in [-0.4, -0.2) is 89.4 Å². The number of rotatable bonds is 27. The van der Waals surface area contributed by atoms with Gasteiger partial charge in [0.1, 0.15) is 38.6 Å². The van der Waals surface area contributed by atoms with Gasteiger partial charge in [0, 0.05) is 19.6 Å². The summed E-state index contributed by atoms with van der Waals surface area (Å²) >= 11 is 17.4. The number of benzene rings is 3. The van der Waals surface area contributed by atoms with Crippen LogP contribution in [0, 0.1) is 0 Å². The number of unbranched alkanes of at least 4 members (excludes halogenated alkanes) is 3. The Morgan fingerprint density at radius 3 is 1.19 bits per heavy atom. The lowest BCUT2D eigenvalue weighted by molar-refractivity contribution is -0.156. The van der Waals surface area contributed by atoms with Gasteiger partial charge in [0.15, 0.2) is 0 Å². The van der Waals surface area contributed by atoms with Gasteiger partial charge in [-0.15, -0.1) is 0 Å². The average Bonchev–Trinajstić information content (AvgIpc) is 3.32. The Bertz CT molecular complexity index is 2390. The second-order valence-corrected chi connectivity index (χ2v) is 19.0. The Kier molecular flexibility index (Phi) is 23.3. The molecule has 0 radical (unpaired) electrons. The Morgan fingerprint density at radius 2 is 0.870 bits per heavy atom. The van der Waals surface area contributed by atoms with Crippen LogP contribution in [0.15, 0.2) is 118 Å². The van der Waals surface area contributed by atoms with Crippen LogP contribution in [0.25, 0.3) is 0 Å². The van der Waals surface area contributed by atoms with Gasteiger partial charge in [-0.3, -0.25) is 14.5 Å². The normalized spacial score (nSPS) is 11.4. The standard InChI is InChI=1S/C48H61Cl3N6O12/c1-5-33-64-44(61)55(66-34-38-21-9-6-10-22-38)30-18-15-27-52-41(58)53(28-16-19-31-56(45(62)65-37-48(49,50)51)67-35-39-23-11-7-12-24-39)43(60)54(42(52)59)29-17-20-32-57(46(63)69-47(2,3)4)68-36-40-25-13-8-14-26-40/h5-14,21-26H,1,15-20,27-37H2,2-4H3. The first kappa shape index (κ1) is 56.0. The SMILES string of the molecule is C=CCOC(=O)N(CCCCn1c(=O)n(CCCCN(OCc2ccccc2)C(=O)OCC(Cl)(Cl)Cl)c(=O)n(CCCCN(OCc2ccccc2)C(=O)OC(C)(C)C)c1=O)OCc1ccccc1. The summed E-state index contributed by atoms with van der Waals surface area (Å²) in [7, 11) is 0. The summed E-state index contributed by atoms with van der Waals surface area (Å²) in [6.07, 6.45) is 0.477. The molecule has 0 N–H and O–H groups in total. The van der Waals surface area contributed by atoms with E-state index in [0.717, 1.165) is 45.6 Å². The zero-order chi connectivity index (χ0) is 50.2. The highest BCUT2D eigenvalue weighted by Crippen LogP contribution is 2.26. The fourth-order valence-electron chi connectivity index (χ4n) is 6.37. The van der Waals surface area contributed by atoms with Crippen molar-refractivity contribution in [3.8, 4) is 0 Å². The molecule has 0 bridgehead atoms. The number of amides is 3. The molecular formula is C48H61Cl3N6O12. The molecule has 0 aliphatic heterocycles. The van der Waals surface area contributed by atoms with Crippen molar-refractivity contribution in [1.82, 2.24) is 28.9 Å². The number of hydrogen-bond donors (Lipinski definition) is 0. The van der Waals surface area contributed by atoms with Gasteiger partial charge in [0.2, 0.25) is 3.79 Å². The topological polar surface area (TPSA) is 182 Å². The molecule has 0 spiro atoms. The van der Waals surface area contributed by atoms with E-state index in [1.165, 1.54) is 6.08 Å². The number of carbonyl (C=O) groups excluding carboxylic acids is 3. The van der Waals surface area contributed by atoms with Crippen molar-refractivity contribution < 1.29 is 43.1 Å². The number of halogens is 3. The van der Waals surface area contributed by atoms with Gasteiger partial charge < -0.3 is 14.2 Å². The van der Waals surface area contributed by atoms with E-state index in [9.17, 15) is 28.8 Å². The third kappa shape index (κ3) is 20.5. The van der Waals surface area contributed by atoms with Crippen molar-refractivity contribution >= 4 is 53.1 Å². The third-order valence-corrected chi connectivity index (χ3v) is 10.1. The fraction of sp³-hybridized carbons (Fsp3) is 0.458. The van der Waals surface area contributed by atoms with E-state index >= 15 is 0 Å². The zero-order valence-corrected chi connectivity index (χ0v) is 41.4. The molecule has 0 aliphatic carbocycles. The molecule has 3 amide bonds. The first-order valence-corrected chi connectivity index (χ1v) is 23.6. The Labute approximate surface area is 416 Å². The summed E-state index contributed by atoms with van der Waals surface area (Å²) in [6.45, 7) is 8.12. The molecule has 4 rings (SSSR count). The lowest BCUT2D eigenvalue weighted by atomic mass is 10.2. The van der Waals surface area contributed by atoms with Crippen LogP contribution in [0.1, 0.15) is 76.0 Å². The molecule has 0 saturated carbocycles. The second-order valence-electron chi connectivity index (χ2n) is 16.5. The van der Waals surface area contributed by atoms with E-state index < -0.39 is 51.3 Å². The van der Waals surface area contributed by atoms with E-state index in [4.69, 9.17) is 63.5 Å². The number of nitrogens with zero attached hydrogens (tertiary/aromatic N) is 6. The molecule has 3 aromatic carbocycles. The van der Waals surface area contributed by atoms with Crippen molar-refractivity contribution in [2.45, 2.75) is 108 Å². The summed E-state index contributed by atoms with van der Waals surface area (Å²) in [5.74, 6) is 0. The van der Waals surface area contributed by atoms with Crippen molar-refractivity contribution in [1.29, 1.82) is 0 Å². The van der Waals surface area contributed by atoms with E-state index in [2.05, 4.69) is 6.58 Å². The van der Waals surface area contributed by atoms with Crippen LogP contribution >= 0.6 is 34.8 Å². The third-order valence-electron chi connectivity index (χ3n) is 9.74. The summed E-state index contributed by atoms with van der Waals surface area (Å²) in [5, 5.41) is 3.15. The monoisotopic (exact) mass is 1020 g/mol. The molecular weight excluding hydrogens is 959 g/mol. The van der Waals surface area contributed by atoms with Crippen LogP contribution in [0.3, 0.4) is 0 Å². The Balaban J connectivity index is 1.52. The number of alkyl halides is 3. The van der Waals surface area contributed by atoms with Crippen molar-refractivity contribution in [2.75, 3.05) is 32.8 Å². The summed E-state index contributed by atoms with van der Waals surface area (Å²) in [6, 6.07) is 27.6. The quantitative estimate of drug-likeness (QED) is 0.0183. The molecule has 0 fully saturated rings. The molecule has 4 aromatic rings. The molecule has 0 unspecified atom stereocenters. The highest BCUT2D eigenvalue weighted by molar-refractivity contribution is 6.67. The summed E-state index contributed by atoms with van der Waals surface area (Å²) < 4.78 is 17.0. The lowest BCUT2D eigenvalue weighted by Crippen LogP contribution is -2.54. The summed E-state index contributed by atoms with van der Waals surface area (Å²) in [5.41, 5.74) is -0.897.